The molecule has 0 saturated heterocycles. The molecule has 2 heterocycles. The topological polar surface area (TPSA) is 35.1 Å². The number of fused-ring (bicyclic) bond motifs is 6. The summed E-state index contributed by atoms with van der Waals surface area (Å²) in [7, 11) is 0. The standard InChI is InChI=1S/C37H22N4/c1-38-28-18-20-30-26(22-28)16-15-25-21-27(17-19-29(25)30)34-23-33(24-9-3-2-4-10-24)39-37(40-34)41-35-13-7-5-11-31(35)32-12-6-8-14-36(32)41/h2-23H. The Bertz CT molecular complexity index is 2270. The maximum atomic E-state index is 7.35. The number of benzene rings is 6. The zero-order chi connectivity index (χ0) is 27.3. The lowest BCUT2D eigenvalue weighted by Gasteiger charge is -2.12. The van der Waals surface area contributed by atoms with Crippen LogP contribution < -0.4 is 0 Å². The molecule has 41 heavy (non-hydrogen) atoms. The summed E-state index contributed by atoms with van der Waals surface area (Å²) in [6.45, 7) is 7.35. The Hall–Kier alpha value is -5.79. The molecule has 4 heteroatoms. The first-order valence-corrected chi connectivity index (χ1v) is 13.5. The van der Waals surface area contributed by atoms with E-state index in [2.05, 4.69) is 106 Å². The lowest BCUT2D eigenvalue weighted by atomic mass is 9.98. The quantitative estimate of drug-likeness (QED) is 0.171. The highest BCUT2D eigenvalue weighted by molar-refractivity contribution is 6.10. The Labute approximate surface area is 236 Å². The van der Waals surface area contributed by atoms with Gasteiger partial charge in [0, 0.05) is 21.9 Å². The molecule has 0 fully saturated rings. The first kappa shape index (κ1) is 23.1. The number of rotatable bonds is 3. The minimum absolute atomic E-state index is 0.643. The van der Waals surface area contributed by atoms with Gasteiger partial charge in [-0.25, -0.2) is 14.8 Å². The Kier molecular flexibility index (Phi) is 5.16. The van der Waals surface area contributed by atoms with Gasteiger partial charge in [0.2, 0.25) is 5.95 Å². The number of hydrogen-bond acceptors (Lipinski definition) is 2. The van der Waals surface area contributed by atoms with Gasteiger partial charge in [0.25, 0.3) is 0 Å². The molecule has 8 aromatic rings. The maximum Gasteiger partial charge on any atom is 0.235 e. The Balaban J connectivity index is 1.38. The van der Waals surface area contributed by atoms with Crippen LogP contribution in [0.5, 0.6) is 0 Å². The highest BCUT2D eigenvalue weighted by Gasteiger charge is 2.16. The minimum Gasteiger partial charge on any atom is -0.278 e. The molecule has 0 aliphatic heterocycles. The fourth-order valence-electron chi connectivity index (χ4n) is 5.86. The van der Waals surface area contributed by atoms with Gasteiger partial charge in [-0.2, -0.15) is 0 Å². The number of hydrogen-bond donors (Lipinski definition) is 0. The molecule has 0 aliphatic rings. The van der Waals surface area contributed by atoms with Gasteiger partial charge in [-0.3, -0.25) is 4.57 Å². The van der Waals surface area contributed by atoms with E-state index in [4.69, 9.17) is 16.5 Å². The van der Waals surface area contributed by atoms with Crippen molar-refractivity contribution in [2.24, 2.45) is 0 Å². The molecule has 0 N–H and O–H groups in total. The van der Waals surface area contributed by atoms with E-state index in [1.165, 1.54) is 10.8 Å². The van der Waals surface area contributed by atoms with E-state index in [1.807, 2.05) is 36.4 Å². The summed E-state index contributed by atoms with van der Waals surface area (Å²) in [6.07, 6.45) is 0. The van der Waals surface area contributed by atoms with Crippen molar-refractivity contribution >= 4 is 49.0 Å². The molecule has 0 bridgehead atoms. The van der Waals surface area contributed by atoms with Crippen LogP contribution in [0.1, 0.15) is 0 Å². The van der Waals surface area contributed by atoms with Crippen LogP contribution in [-0.4, -0.2) is 14.5 Å². The normalized spacial score (nSPS) is 11.4. The highest BCUT2D eigenvalue weighted by Crippen LogP contribution is 2.35. The van der Waals surface area contributed by atoms with Crippen molar-refractivity contribution in [2.45, 2.75) is 0 Å². The molecule has 2 aromatic heterocycles. The van der Waals surface area contributed by atoms with Crippen LogP contribution in [0.2, 0.25) is 0 Å². The van der Waals surface area contributed by atoms with Crippen LogP contribution in [-0.2, 0) is 0 Å². The molecule has 6 aromatic carbocycles. The average Bonchev–Trinajstić information content (AvgIpc) is 3.39. The van der Waals surface area contributed by atoms with E-state index in [1.54, 1.807) is 0 Å². The fourth-order valence-corrected chi connectivity index (χ4v) is 5.86. The van der Waals surface area contributed by atoms with Crippen LogP contribution in [0.25, 0.3) is 76.7 Å². The summed E-state index contributed by atoms with van der Waals surface area (Å²) in [5.74, 6) is 0.643. The van der Waals surface area contributed by atoms with E-state index in [-0.39, 0.29) is 0 Å². The van der Waals surface area contributed by atoms with Gasteiger partial charge in [-0.15, -0.1) is 0 Å². The summed E-state index contributed by atoms with van der Waals surface area (Å²) in [5.41, 5.74) is 6.61. The molecule has 0 amide bonds. The van der Waals surface area contributed by atoms with Crippen molar-refractivity contribution < 1.29 is 0 Å². The summed E-state index contributed by atoms with van der Waals surface area (Å²) in [6, 6.07) is 45.8. The molecule has 0 atom stereocenters. The molecule has 4 nitrogen and oxygen atoms in total. The van der Waals surface area contributed by atoms with Gasteiger partial charge in [0.05, 0.1) is 29.0 Å². The van der Waals surface area contributed by atoms with Crippen molar-refractivity contribution in [3.05, 3.63) is 145 Å². The maximum absolute atomic E-state index is 7.35. The molecule has 0 radical (unpaired) electrons. The van der Waals surface area contributed by atoms with Gasteiger partial charge in [-0.05, 0) is 51.9 Å². The second-order valence-electron chi connectivity index (χ2n) is 10.2. The van der Waals surface area contributed by atoms with Crippen LogP contribution in [0.3, 0.4) is 0 Å². The van der Waals surface area contributed by atoms with E-state index in [0.29, 0.717) is 11.6 Å². The predicted octanol–water partition coefficient (Wildman–Crippen LogP) is 9.76. The molecule has 0 saturated carbocycles. The van der Waals surface area contributed by atoms with Crippen LogP contribution in [0, 0.1) is 6.57 Å². The van der Waals surface area contributed by atoms with Gasteiger partial charge >= 0.3 is 0 Å². The second kappa shape index (κ2) is 9.15. The summed E-state index contributed by atoms with van der Waals surface area (Å²) in [5, 5.41) is 6.85. The average molecular weight is 523 g/mol. The van der Waals surface area contributed by atoms with E-state index in [9.17, 15) is 0 Å². The molecule has 190 valence electrons. The van der Waals surface area contributed by atoms with Crippen LogP contribution in [0.15, 0.2) is 133 Å². The number of aromatic nitrogens is 3. The van der Waals surface area contributed by atoms with E-state index >= 15 is 0 Å². The lowest BCUT2D eigenvalue weighted by Crippen LogP contribution is -2.03. The van der Waals surface area contributed by atoms with Gasteiger partial charge in [0.1, 0.15) is 0 Å². The molecule has 0 unspecified atom stereocenters. The minimum atomic E-state index is 0.643. The Morgan fingerprint density at radius 3 is 1.76 bits per heavy atom. The van der Waals surface area contributed by atoms with E-state index in [0.717, 1.165) is 55.1 Å². The molecule has 0 spiro atoms. The largest absolute Gasteiger partial charge is 0.278 e. The Morgan fingerprint density at radius 2 is 1.07 bits per heavy atom. The third-order valence-corrected chi connectivity index (χ3v) is 7.81. The third kappa shape index (κ3) is 3.76. The predicted molar refractivity (Wildman–Crippen MR) is 169 cm³/mol. The zero-order valence-electron chi connectivity index (χ0n) is 22.0. The van der Waals surface area contributed by atoms with Crippen molar-refractivity contribution in [2.75, 3.05) is 0 Å². The highest BCUT2D eigenvalue weighted by atomic mass is 15.2. The van der Waals surface area contributed by atoms with Crippen molar-refractivity contribution in [3.63, 3.8) is 0 Å². The zero-order valence-corrected chi connectivity index (χ0v) is 22.0. The smallest absolute Gasteiger partial charge is 0.235 e. The van der Waals surface area contributed by atoms with Crippen LogP contribution >= 0.6 is 0 Å². The van der Waals surface area contributed by atoms with Crippen LogP contribution in [0.4, 0.5) is 5.69 Å². The second-order valence-corrected chi connectivity index (χ2v) is 10.2. The molecular weight excluding hydrogens is 500 g/mol. The number of nitrogens with zero attached hydrogens (tertiary/aromatic N) is 4. The fraction of sp³-hybridized carbons (Fsp3) is 0. The van der Waals surface area contributed by atoms with Gasteiger partial charge in [-0.1, -0.05) is 103 Å². The summed E-state index contributed by atoms with van der Waals surface area (Å²) >= 11 is 0. The molecular formula is C37H22N4. The third-order valence-electron chi connectivity index (χ3n) is 7.81. The number of para-hydroxylation sites is 2. The summed E-state index contributed by atoms with van der Waals surface area (Å²) < 4.78 is 2.17. The van der Waals surface area contributed by atoms with Gasteiger partial charge in [0.15, 0.2) is 5.69 Å². The summed E-state index contributed by atoms with van der Waals surface area (Å²) in [4.78, 5) is 13.9. The first-order valence-electron chi connectivity index (χ1n) is 13.5. The monoisotopic (exact) mass is 522 g/mol. The van der Waals surface area contributed by atoms with Crippen molar-refractivity contribution in [1.82, 2.24) is 14.5 Å². The first-order chi connectivity index (χ1) is 20.3. The van der Waals surface area contributed by atoms with Crippen molar-refractivity contribution in [1.29, 1.82) is 0 Å². The lowest BCUT2D eigenvalue weighted by molar-refractivity contribution is 0.996. The Morgan fingerprint density at radius 1 is 0.488 bits per heavy atom. The van der Waals surface area contributed by atoms with Crippen molar-refractivity contribution in [3.8, 4) is 28.5 Å². The van der Waals surface area contributed by atoms with Gasteiger partial charge < -0.3 is 0 Å². The molecule has 0 aliphatic carbocycles. The van der Waals surface area contributed by atoms with E-state index < -0.39 is 0 Å². The molecule has 8 rings (SSSR count). The SMILES string of the molecule is [C-]#[N+]c1ccc2c(ccc3cc(-c4cc(-c5ccccc5)nc(-n5c6ccccc6c6ccccc65)n4)ccc32)c1.